The van der Waals surface area contributed by atoms with E-state index in [1.165, 1.54) is 5.56 Å². The van der Waals surface area contributed by atoms with Crippen LogP contribution in [0.15, 0.2) is 47.8 Å². The van der Waals surface area contributed by atoms with Crippen LogP contribution in [0.3, 0.4) is 0 Å². The second-order valence-corrected chi connectivity index (χ2v) is 7.36. The molecule has 1 atom stereocenters. The van der Waals surface area contributed by atoms with E-state index in [-0.39, 0.29) is 5.56 Å². The summed E-state index contributed by atoms with van der Waals surface area (Å²) < 4.78 is 7.56. The van der Waals surface area contributed by atoms with Crippen LogP contribution in [-0.2, 0) is 13.1 Å². The lowest BCUT2D eigenvalue weighted by Crippen LogP contribution is -2.21. The van der Waals surface area contributed by atoms with E-state index in [9.17, 15) is 4.79 Å². The van der Waals surface area contributed by atoms with E-state index >= 15 is 0 Å². The van der Waals surface area contributed by atoms with Gasteiger partial charge < -0.3 is 14.3 Å². The maximum atomic E-state index is 11.7. The Hall–Kier alpha value is -2.93. The lowest BCUT2D eigenvalue weighted by molar-refractivity contribution is 0.325. The first-order chi connectivity index (χ1) is 13.6. The summed E-state index contributed by atoms with van der Waals surface area (Å²) in [5.74, 6) is 1.88. The number of ether oxygens (including phenoxy) is 1. The van der Waals surface area contributed by atoms with E-state index in [1.54, 1.807) is 19.4 Å². The summed E-state index contributed by atoms with van der Waals surface area (Å²) in [4.78, 5) is 25.5. The Labute approximate surface area is 164 Å². The second kappa shape index (κ2) is 7.98. The Morgan fingerprint density at radius 3 is 2.93 bits per heavy atom. The Balaban J connectivity index is 1.46. The van der Waals surface area contributed by atoms with Crippen molar-refractivity contribution in [1.82, 2.24) is 24.4 Å². The van der Waals surface area contributed by atoms with E-state index in [4.69, 9.17) is 4.74 Å². The van der Waals surface area contributed by atoms with Crippen molar-refractivity contribution in [2.45, 2.75) is 32.4 Å². The van der Waals surface area contributed by atoms with Crippen LogP contribution in [0, 0.1) is 6.92 Å². The normalized spacial score (nSPS) is 17.1. The minimum absolute atomic E-state index is 0.0692. The molecule has 2 aromatic heterocycles. The summed E-state index contributed by atoms with van der Waals surface area (Å²) in [6, 6.07) is 8.01. The molecule has 0 spiro atoms. The van der Waals surface area contributed by atoms with Crippen molar-refractivity contribution < 1.29 is 4.74 Å². The van der Waals surface area contributed by atoms with Gasteiger partial charge in [-0.05, 0) is 37.6 Å². The van der Waals surface area contributed by atoms with Crippen molar-refractivity contribution in [2.75, 3.05) is 20.2 Å². The number of H-pyrrole nitrogens is 1. The average molecular weight is 379 g/mol. The molecular formula is C21H25N5O2. The van der Waals surface area contributed by atoms with E-state index < -0.39 is 0 Å². The Kier molecular flexibility index (Phi) is 5.25. The number of imidazole rings is 1. The standard InChI is InChI=1S/C21H25N5O2/c1-15-23-19(10-21(27)24-15)17-5-7-25(12-17)11-16-3-4-20(28-2)18(9-16)13-26-8-6-22-14-26/h3-4,6,8-10,14,17H,5,7,11-13H2,1-2H3,(H,23,24,27). The van der Waals surface area contributed by atoms with Crippen LogP contribution >= 0.6 is 0 Å². The number of nitrogens with one attached hydrogen (secondary N) is 1. The van der Waals surface area contributed by atoms with Gasteiger partial charge >= 0.3 is 0 Å². The Bertz CT molecular complexity index is 996. The fourth-order valence-corrected chi connectivity index (χ4v) is 3.92. The number of aromatic nitrogens is 4. The van der Waals surface area contributed by atoms with Crippen molar-refractivity contribution in [3.05, 3.63) is 76.0 Å². The Morgan fingerprint density at radius 1 is 1.29 bits per heavy atom. The highest BCUT2D eigenvalue weighted by atomic mass is 16.5. The van der Waals surface area contributed by atoms with Gasteiger partial charge in [0, 0.05) is 43.0 Å². The highest BCUT2D eigenvalue weighted by molar-refractivity contribution is 5.37. The molecule has 0 saturated carbocycles. The summed E-state index contributed by atoms with van der Waals surface area (Å²) in [6.07, 6.45) is 6.57. The van der Waals surface area contributed by atoms with Gasteiger partial charge in [0.1, 0.15) is 11.6 Å². The number of nitrogens with zero attached hydrogens (tertiary/aromatic N) is 4. The zero-order chi connectivity index (χ0) is 19.5. The molecule has 1 aliphatic rings. The minimum atomic E-state index is -0.0692. The molecule has 4 rings (SSSR count). The van der Waals surface area contributed by atoms with E-state index in [1.807, 2.05) is 30.1 Å². The molecule has 7 heteroatoms. The summed E-state index contributed by atoms with van der Waals surface area (Å²) >= 11 is 0. The number of hydrogen-bond acceptors (Lipinski definition) is 5. The molecule has 1 N–H and O–H groups in total. The summed E-state index contributed by atoms with van der Waals surface area (Å²) in [7, 11) is 1.70. The number of rotatable bonds is 6. The quantitative estimate of drug-likeness (QED) is 0.711. The fourth-order valence-electron chi connectivity index (χ4n) is 3.92. The topological polar surface area (TPSA) is 76.0 Å². The first-order valence-corrected chi connectivity index (χ1v) is 9.52. The van der Waals surface area contributed by atoms with Gasteiger partial charge in [0.25, 0.3) is 5.56 Å². The molecule has 0 amide bonds. The molecular weight excluding hydrogens is 354 g/mol. The molecule has 1 aliphatic heterocycles. The van der Waals surface area contributed by atoms with Gasteiger partial charge in [-0.15, -0.1) is 0 Å². The smallest absolute Gasteiger partial charge is 0.251 e. The van der Waals surface area contributed by atoms with Gasteiger partial charge in [-0.25, -0.2) is 9.97 Å². The first-order valence-electron chi connectivity index (χ1n) is 9.52. The number of likely N-dealkylation sites (tertiary alicyclic amines) is 1. The maximum absolute atomic E-state index is 11.7. The van der Waals surface area contributed by atoms with Crippen molar-refractivity contribution in [3.8, 4) is 5.75 Å². The molecule has 1 fully saturated rings. The van der Waals surface area contributed by atoms with E-state index in [2.05, 4.69) is 32.0 Å². The van der Waals surface area contributed by atoms with Crippen LogP contribution in [-0.4, -0.2) is 44.6 Å². The highest BCUT2D eigenvalue weighted by Gasteiger charge is 2.25. The predicted molar refractivity (Wildman–Crippen MR) is 107 cm³/mol. The molecule has 7 nitrogen and oxygen atoms in total. The van der Waals surface area contributed by atoms with Crippen LogP contribution in [0.5, 0.6) is 5.75 Å². The zero-order valence-electron chi connectivity index (χ0n) is 16.3. The van der Waals surface area contributed by atoms with Gasteiger partial charge in [0.05, 0.1) is 25.7 Å². The number of hydrogen-bond donors (Lipinski definition) is 1. The molecule has 28 heavy (non-hydrogen) atoms. The molecule has 0 aliphatic carbocycles. The fraction of sp³-hybridized carbons (Fsp3) is 0.381. The van der Waals surface area contributed by atoms with Gasteiger partial charge in [0.2, 0.25) is 0 Å². The van der Waals surface area contributed by atoms with Crippen LogP contribution in [0.1, 0.15) is 35.0 Å². The summed E-state index contributed by atoms with van der Waals surface area (Å²) in [5.41, 5.74) is 3.23. The van der Waals surface area contributed by atoms with Crippen molar-refractivity contribution >= 4 is 0 Å². The number of methoxy groups -OCH3 is 1. The largest absolute Gasteiger partial charge is 0.496 e. The zero-order valence-corrected chi connectivity index (χ0v) is 16.3. The van der Waals surface area contributed by atoms with Crippen molar-refractivity contribution in [1.29, 1.82) is 0 Å². The van der Waals surface area contributed by atoms with Gasteiger partial charge in [-0.3, -0.25) is 9.69 Å². The average Bonchev–Trinajstić information content (AvgIpc) is 3.33. The lowest BCUT2D eigenvalue weighted by atomic mass is 10.0. The maximum Gasteiger partial charge on any atom is 0.251 e. The third-order valence-electron chi connectivity index (χ3n) is 5.23. The monoisotopic (exact) mass is 379 g/mol. The second-order valence-electron chi connectivity index (χ2n) is 7.36. The van der Waals surface area contributed by atoms with Crippen LogP contribution in [0.4, 0.5) is 0 Å². The molecule has 1 saturated heterocycles. The highest BCUT2D eigenvalue weighted by Crippen LogP contribution is 2.28. The Morgan fingerprint density at radius 2 is 2.18 bits per heavy atom. The van der Waals surface area contributed by atoms with Crippen LogP contribution in [0.2, 0.25) is 0 Å². The third kappa shape index (κ3) is 4.14. The lowest BCUT2D eigenvalue weighted by Gasteiger charge is -2.18. The number of aromatic amines is 1. The minimum Gasteiger partial charge on any atom is -0.496 e. The molecule has 1 aromatic carbocycles. The van der Waals surface area contributed by atoms with E-state index in [0.29, 0.717) is 11.7 Å². The SMILES string of the molecule is COc1ccc(CN2CCC(c3cc(=O)[nH]c(C)n3)C2)cc1Cn1ccnc1. The molecule has 1 unspecified atom stereocenters. The number of benzene rings is 1. The molecule has 3 heterocycles. The first kappa shape index (κ1) is 18.4. The number of aryl methyl sites for hydroxylation is 1. The summed E-state index contributed by atoms with van der Waals surface area (Å²) in [6.45, 7) is 5.35. The molecule has 3 aromatic rings. The van der Waals surface area contributed by atoms with E-state index in [0.717, 1.165) is 49.6 Å². The van der Waals surface area contributed by atoms with Crippen molar-refractivity contribution in [2.24, 2.45) is 0 Å². The third-order valence-corrected chi connectivity index (χ3v) is 5.23. The van der Waals surface area contributed by atoms with Crippen molar-refractivity contribution in [3.63, 3.8) is 0 Å². The van der Waals surface area contributed by atoms with Gasteiger partial charge in [-0.2, -0.15) is 0 Å². The molecule has 0 radical (unpaired) electrons. The molecule has 0 bridgehead atoms. The van der Waals surface area contributed by atoms with Gasteiger partial charge in [0.15, 0.2) is 0 Å². The molecule has 146 valence electrons. The predicted octanol–water partition coefficient (Wildman–Crippen LogP) is 2.32. The van der Waals surface area contributed by atoms with Gasteiger partial charge in [-0.1, -0.05) is 6.07 Å². The summed E-state index contributed by atoms with van der Waals surface area (Å²) in [5, 5.41) is 0. The van der Waals surface area contributed by atoms with Crippen LogP contribution < -0.4 is 10.3 Å². The van der Waals surface area contributed by atoms with Crippen LogP contribution in [0.25, 0.3) is 0 Å².